The summed E-state index contributed by atoms with van der Waals surface area (Å²) in [5.74, 6) is 0.183. The van der Waals surface area contributed by atoms with E-state index in [9.17, 15) is 18.3 Å². The highest BCUT2D eigenvalue weighted by Crippen LogP contribution is 2.31. The van der Waals surface area contributed by atoms with Crippen molar-refractivity contribution < 1.29 is 23.0 Å². The predicted octanol–water partition coefficient (Wildman–Crippen LogP) is 5.62. The van der Waals surface area contributed by atoms with Gasteiger partial charge in [0.25, 0.3) is 0 Å². The Morgan fingerprint density at radius 1 is 1.12 bits per heavy atom. The van der Waals surface area contributed by atoms with Gasteiger partial charge in [-0.1, -0.05) is 42.5 Å². The molecule has 2 heterocycles. The molecule has 1 aromatic heterocycles. The van der Waals surface area contributed by atoms with Crippen LogP contribution >= 0.6 is 0 Å². The van der Waals surface area contributed by atoms with E-state index in [1.54, 1.807) is 0 Å². The average Bonchev–Trinajstić information content (AvgIpc) is 3.30. The lowest BCUT2D eigenvalue weighted by Crippen LogP contribution is -2.25. The smallest absolute Gasteiger partial charge is 0.417 e. The number of allylic oxidation sites excluding steroid dienone is 3. The first-order valence-electron chi connectivity index (χ1n) is 11.2. The predicted molar refractivity (Wildman–Crippen MR) is 121 cm³/mol. The Hall–Kier alpha value is -3.06. The van der Waals surface area contributed by atoms with E-state index in [1.807, 2.05) is 18.2 Å². The average molecular weight is 457 g/mol. The summed E-state index contributed by atoms with van der Waals surface area (Å²) in [6.45, 7) is 1.21. The minimum absolute atomic E-state index is 0.0848. The van der Waals surface area contributed by atoms with Crippen molar-refractivity contribution in [2.75, 3.05) is 19.7 Å². The molecule has 174 valence electrons. The molecule has 0 bridgehead atoms. The van der Waals surface area contributed by atoms with E-state index in [1.165, 1.54) is 11.6 Å². The lowest BCUT2D eigenvalue weighted by Gasteiger charge is -2.23. The third-order valence-electron chi connectivity index (χ3n) is 5.92. The highest BCUT2D eigenvalue weighted by Gasteiger charge is 2.31. The standard InChI is InChI=1S/C26H27F3N2O2/c27-26(28,29)22-11-12-25(30-16-22)33-23-13-14-31(17-23)24-10-6-2-5-9-20(15-21(24)18-32)19-7-3-1-4-8-19/h1,3-4,6-8,10-12,15-16,23,32H,2,5,9,13-14,17-18H2/b10-6-,20-15+,24-21-/t23-/m0/s1. The van der Waals surface area contributed by atoms with Gasteiger partial charge in [0.2, 0.25) is 5.88 Å². The molecule has 0 amide bonds. The van der Waals surface area contributed by atoms with Crippen LogP contribution in [0, 0.1) is 0 Å². The minimum Gasteiger partial charge on any atom is -0.472 e. The zero-order valence-corrected chi connectivity index (χ0v) is 18.3. The largest absolute Gasteiger partial charge is 0.472 e. The third-order valence-corrected chi connectivity index (χ3v) is 5.92. The molecule has 7 heteroatoms. The molecule has 4 nitrogen and oxygen atoms in total. The van der Waals surface area contributed by atoms with E-state index in [0.717, 1.165) is 54.9 Å². The van der Waals surface area contributed by atoms with E-state index in [-0.39, 0.29) is 18.6 Å². The molecule has 2 aromatic rings. The number of hydrogen-bond donors (Lipinski definition) is 1. The number of aliphatic hydroxyl groups is 1. The fourth-order valence-electron chi connectivity index (χ4n) is 4.22. The number of ether oxygens (including phenoxy) is 1. The number of hydrogen-bond acceptors (Lipinski definition) is 4. The van der Waals surface area contributed by atoms with Gasteiger partial charge >= 0.3 is 6.18 Å². The topological polar surface area (TPSA) is 45.6 Å². The molecule has 1 atom stereocenters. The minimum atomic E-state index is -4.42. The summed E-state index contributed by atoms with van der Waals surface area (Å²) in [5.41, 5.74) is 3.36. The van der Waals surface area contributed by atoms with Crippen LogP contribution in [-0.2, 0) is 6.18 Å². The summed E-state index contributed by atoms with van der Waals surface area (Å²) >= 11 is 0. The van der Waals surface area contributed by atoms with Gasteiger partial charge in [-0.05, 0) is 42.5 Å². The molecule has 2 aliphatic rings. The van der Waals surface area contributed by atoms with Gasteiger partial charge in [0.1, 0.15) is 6.10 Å². The second kappa shape index (κ2) is 10.3. The molecule has 0 spiro atoms. The number of nitrogens with zero attached hydrogens (tertiary/aromatic N) is 2. The summed E-state index contributed by atoms with van der Waals surface area (Å²) in [6, 6.07) is 12.4. The number of likely N-dealkylation sites (tertiary alicyclic amines) is 1. The van der Waals surface area contributed by atoms with Gasteiger partial charge < -0.3 is 14.7 Å². The SMILES string of the molecule is OCC1=C(N2CC[C@H](Oc3ccc(C(F)(F)F)cn3)C2)/C=C\CCC/C(c2ccccc2)=C\1. The van der Waals surface area contributed by atoms with Crippen LogP contribution in [0.2, 0.25) is 0 Å². The van der Waals surface area contributed by atoms with Crippen molar-refractivity contribution in [1.29, 1.82) is 0 Å². The zero-order chi connectivity index (χ0) is 23.3. The molecule has 1 saturated heterocycles. The molecule has 1 N–H and O–H groups in total. The van der Waals surface area contributed by atoms with Crippen LogP contribution < -0.4 is 4.74 Å². The summed E-state index contributed by atoms with van der Waals surface area (Å²) in [5, 5.41) is 10.2. The van der Waals surface area contributed by atoms with Crippen LogP contribution in [-0.4, -0.2) is 40.8 Å². The van der Waals surface area contributed by atoms with E-state index >= 15 is 0 Å². The van der Waals surface area contributed by atoms with Gasteiger partial charge in [0.15, 0.2) is 0 Å². The van der Waals surface area contributed by atoms with E-state index < -0.39 is 11.7 Å². The van der Waals surface area contributed by atoms with Crippen molar-refractivity contribution in [2.24, 2.45) is 0 Å². The molecule has 1 aliphatic carbocycles. The van der Waals surface area contributed by atoms with Gasteiger partial charge in [0.05, 0.1) is 18.7 Å². The molecule has 4 rings (SSSR count). The van der Waals surface area contributed by atoms with Crippen LogP contribution in [0.15, 0.2) is 78.2 Å². The highest BCUT2D eigenvalue weighted by atomic mass is 19.4. The number of alkyl halides is 3. The molecule has 1 aliphatic heterocycles. The Balaban J connectivity index is 1.52. The maximum absolute atomic E-state index is 12.8. The molecule has 1 aromatic carbocycles. The number of aliphatic hydroxyl groups excluding tert-OH is 1. The highest BCUT2D eigenvalue weighted by molar-refractivity contribution is 5.69. The first-order chi connectivity index (χ1) is 15.9. The maximum atomic E-state index is 12.8. The van der Waals surface area contributed by atoms with Crippen molar-refractivity contribution in [1.82, 2.24) is 9.88 Å². The summed E-state index contributed by atoms with van der Waals surface area (Å²) in [4.78, 5) is 5.99. The van der Waals surface area contributed by atoms with Crippen molar-refractivity contribution in [3.63, 3.8) is 0 Å². The number of benzene rings is 1. The van der Waals surface area contributed by atoms with Gasteiger partial charge in [-0.15, -0.1) is 0 Å². The Morgan fingerprint density at radius 2 is 1.94 bits per heavy atom. The third kappa shape index (κ3) is 5.85. The number of halogens is 3. The van der Waals surface area contributed by atoms with Crippen LogP contribution in [0.25, 0.3) is 5.57 Å². The van der Waals surface area contributed by atoms with E-state index in [2.05, 4.69) is 40.2 Å². The molecule has 0 radical (unpaired) electrons. The molecule has 0 unspecified atom stereocenters. The summed E-state index contributed by atoms with van der Waals surface area (Å²) in [7, 11) is 0. The molecular weight excluding hydrogens is 429 g/mol. The van der Waals surface area contributed by atoms with E-state index in [4.69, 9.17) is 4.74 Å². The Labute approximate surface area is 191 Å². The van der Waals surface area contributed by atoms with Crippen molar-refractivity contribution >= 4 is 5.57 Å². The van der Waals surface area contributed by atoms with Gasteiger partial charge in [-0.3, -0.25) is 0 Å². The fraction of sp³-hybridized carbons (Fsp3) is 0.346. The zero-order valence-electron chi connectivity index (χ0n) is 18.3. The van der Waals surface area contributed by atoms with Crippen LogP contribution in [0.5, 0.6) is 5.88 Å². The van der Waals surface area contributed by atoms with Crippen LogP contribution in [0.1, 0.15) is 36.8 Å². The Bertz CT molecular complexity index is 1030. The molecule has 33 heavy (non-hydrogen) atoms. The fourth-order valence-corrected chi connectivity index (χ4v) is 4.22. The van der Waals surface area contributed by atoms with Crippen molar-refractivity contribution in [2.45, 2.75) is 38.0 Å². The summed E-state index contributed by atoms with van der Waals surface area (Å²) in [6.07, 6.45) is 6.08. The number of pyridine rings is 1. The lowest BCUT2D eigenvalue weighted by molar-refractivity contribution is -0.137. The number of rotatable bonds is 5. The Kier molecular flexibility index (Phi) is 7.18. The van der Waals surface area contributed by atoms with Gasteiger partial charge in [-0.25, -0.2) is 4.98 Å². The normalized spacial score (nSPS) is 24.4. The van der Waals surface area contributed by atoms with Crippen LogP contribution in [0.3, 0.4) is 0 Å². The van der Waals surface area contributed by atoms with Gasteiger partial charge in [0, 0.05) is 36.5 Å². The van der Waals surface area contributed by atoms with E-state index in [0.29, 0.717) is 13.0 Å². The molecule has 0 saturated carbocycles. The summed E-state index contributed by atoms with van der Waals surface area (Å²) < 4.78 is 44.1. The Morgan fingerprint density at radius 3 is 2.64 bits per heavy atom. The second-order valence-electron chi connectivity index (χ2n) is 8.26. The number of aromatic nitrogens is 1. The second-order valence-corrected chi connectivity index (χ2v) is 8.26. The first-order valence-corrected chi connectivity index (χ1v) is 11.2. The van der Waals surface area contributed by atoms with Crippen molar-refractivity contribution in [3.05, 3.63) is 89.3 Å². The van der Waals surface area contributed by atoms with Gasteiger partial charge in [-0.2, -0.15) is 13.2 Å². The molecule has 1 fully saturated rings. The van der Waals surface area contributed by atoms with Crippen LogP contribution in [0.4, 0.5) is 13.2 Å². The quantitative estimate of drug-likeness (QED) is 0.634. The molecular formula is C26H27F3N2O2. The van der Waals surface area contributed by atoms with Crippen molar-refractivity contribution in [3.8, 4) is 5.88 Å². The lowest BCUT2D eigenvalue weighted by atomic mass is 9.98. The maximum Gasteiger partial charge on any atom is 0.417 e. The monoisotopic (exact) mass is 456 g/mol. The first kappa shape index (κ1) is 23.1.